The van der Waals surface area contributed by atoms with Crippen molar-refractivity contribution in [3.63, 3.8) is 0 Å². The minimum Gasteiger partial charge on any atom is -0.371 e. The number of nitrogens with zero attached hydrogens (tertiary/aromatic N) is 2. The number of aliphatic hydroxyl groups is 1. The molecular formula is C22H44N2O. The highest BCUT2D eigenvalue weighted by Crippen LogP contribution is 2.24. The van der Waals surface area contributed by atoms with Crippen LogP contribution in [0.4, 0.5) is 0 Å². The van der Waals surface area contributed by atoms with Gasteiger partial charge in [-0.2, -0.15) is 0 Å². The summed E-state index contributed by atoms with van der Waals surface area (Å²) in [6.45, 7) is 6.08. The Bertz CT molecular complexity index is 332. The van der Waals surface area contributed by atoms with Gasteiger partial charge in [-0.3, -0.25) is 4.99 Å². The average molecular weight is 353 g/mol. The van der Waals surface area contributed by atoms with E-state index >= 15 is 0 Å². The molecule has 1 N–H and O–H groups in total. The van der Waals surface area contributed by atoms with Gasteiger partial charge in [-0.05, 0) is 19.3 Å². The highest BCUT2D eigenvalue weighted by atomic mass is 16.3. The zero-order chi connectivity index (χ0) is 18.2. The van der Waals surface area contributed by atoms with Gasteiger partial charge in [0.25, 0.3) is 0 Å². The van der Waals surface area contributed by atoms with E-state index in [2.05, 4.69) is 18.8 Å². The summed E-state index contributed by atoms with van der Waals surface area (Å²) >= 11 is 0. The minimum absolute atomic E-state index is 0.656. The molecule has 1 heterocycles. The van der Waals surface area contributed by atoms with Crippen molar-refractivity contribution < 1.29 is 5.11 Å². The van der Waals surface area contributed by atoms with Gasteiger partial charge in [0.2, 0.25) is 0 Å². The topological polar surface area (TPSA) is 35.8 Å². The van der Waals surface area contributed by atoms with Crippen LogP contribution in [0.2, 0.25) is 0 Å². The third kappa shape index (κ3) is 10.2. The van der Waals surface area contributed by atoms with Crippen LogP contribution in [0.5, 0.6) is 0 Å². The monoisotopic (exact) mass is 352 g/mol. The summed E-state index contributed by atoms with van der Waals surface area (Å²) in [5.74, 6) is 0. The van der Waals surface area contributed by atoms with Crippen molar-refractivity contribution in [2.75, 3.05) is 13.1 Å². The van der Waals surface area contributed by atoms with E-state index in [0.717, 1.165) is 32.4 Å². The van der Waals surface area contributed by atoms with Gasteiger partial charge in [0.1, 0.15) is 5.72 Å². The van der Waals surface area contributed by atoms with Crippen molar-refractivity contribution in [3.05, 3.63) is 0 Å². The smallest absolute Gasteiger partial charge is 0.138 e. The molecular weight excluding hydrogens is 308 g/mol. The first kappa shape index (κ1) is 22.5. The Kier molecular flexibility index (Phi) is 13.1. The first-order valence-electron chi connectivity index (χ1n) is 11.2. The third-order valence-corrected chi connectivity index (χ3v) is 5.72. The Labute approximate surface area is 157 Å². The number of rotatable bonds is 17. The van der Waals surface area contributed by atoms with Crippen LogP contribution in [-0.4, -0.2) is 35.2 Å². The predicted molar refractivity (Wildman–Crippen MR) is 110 cm³/mol. The maximum Gasteiger partial charge on any atom is 0.138 e. The van der Waals surface area contributed by atoms with Crippen LogP contribution in [0.1, 0.15) is 117 Å². The van der Waals surface area contributed by atoms with Gasteiger partial charge in [0, 0.05) is 6.54 Å². The number of hydrogen-bond donors (Lipinski definition) is 1. The fraction of sp³-hybridized carbons (Fsp3) is 0.955. The van der Waals surface area contributed by atoms with Gasteiger partial charge in [-0.25, -0.2) is 0 Å². The third-order valence-electron chi connectivity index (χ3n) is 5.72. The first-order chi connectivity index (χ1) is 12.2. The van der Waals surface area contributed by atoms with Crippen LogP contribution in [0.15, 0.2) is 4.99 Å². The molecule has 3 heteroatoms. The van der Waals surface area contributed by atoms with Gasteiger partial charge in [-0.1, -0.05) is 97.3 Å². The largest absolute Gasteiger partial charge is 0.371 e. The molecule has 0 aromatic heterocycles. The molecule has 0 aromatic rings. The molecule has 1 aliphatic heterocycles. The summed E-state index contributed by atoms with van der Waals surface area (Å²) < 4.78 is 0. The van der Waals surface area contributed by atoms with Gasteiger partial charge >= 0.3 is 0 Å². The van der Waals surface area contributed by atoms with E-state index in [4.69, 9.17) is 0 Å². The maximum absolute atomic E-state index is 10.7. The van der Waals surface area contributed by atoms with Crippen LogP contribution in [0.3, 0.4) is 0 Å². The van der Waals surface area contributed by atoms with Crippen molar-refractivity contribution in [2.45, 2.75) is 122 Å². The summed E-state index contributed by atoms with van der Waals surface area (Å²) in [5.41, 5.74) is -0.656. The lowest BCUT2D eigenvalue weighted by Gasteiger charge is -2.36. The molecule has 0 amide bonds. The normalized spacial score (nSPS) is 16.5. The van der Waals surface area contributed by atoms with E-state index in [0.29, 0.717) is 0 Å². The van der Waals surface area contributed by atoms with E-state index < -0.39 is 5.72 Å². The van der Waals surface area contributed by atoms with Crippen LogP contribution < -0.4 is 0 Å². The molecule has 1 unspecified atom stereocenters. The molecule has 1 rings (SSSR count). The second-order valence-electron chi connectivity index (χ2n) is 7.90. The summed E-state index contributed by atoms with van der Waals surface area (Å²) in [6, 6.07) is 0. The molecule has 1 aliphatic rings. The van der Waals surface area contributed by atoms with Gasteiger partial charge in [-0.15, -0.1) is 0 Å². The molecule has 0 aromatic carbocycles. The highest BCUT2D eigenvalue weighted by Gasteiger charge is 2.31. The van der Waals surface area contributed by atoms with Crippen molar-refractivity contribution in [2.24, 2.45) is 4.99 Å². The molecule has 0 saturated heterocycles. The standard InChI is InChI=1S/C22H44N2O/c1-3-5-6-7-8-9-10-11-12-13-14-15-16-17-18-22(25,4-2)24-20-19-23-21-24/h21,25H,3-20H2,1-2H3. The highest BCUT2D eigenvalue weighted by molar-refractivity contribution is 5.58. The molecule has 1 atom stereocenters. The quantitative estimate of drug-likeness (QED) is 0.312. The molecule has 0 saturated carbocycles. The van der Waals surface area contributed by atoms with Crippen molar-refractivity contribution in [3.8, 4) is 0 Å². The van der Waals surface area contributed by atoms with Crippen molar-refractivity contribution in [1.82, 2.24) is 4.90 Å². The number of aliphatic imine (C=N–C) groups is 1. The Morgan fingerprint density at radius 3 is 1.68 bits per heavy atom. The molecule has 0 fully saturated rings. The average Bonchev–Trinajstić information content (AvgIpc) is 3.17. The summed E-state index contributed by atoms with van der Waals surface area (Å²) in [6.07, 6.45) is 22.8. The van der Waals surface area contributed by atoms with E-state index in [1.54, 1.807) is 0 Å². The van der Waals surface area contributed by atoms with Crippen LogP contribution >= 0.6 is 0 Å². The lowest BCUT2D eigenvalue weighted by atomic mass is 9.99. The second kappa shape index (κ2) is 14.6. The second-order valence-corrected chi connectivity index (χ2v) is 7.90. The SMILES string of the molecule is CCCCCCCCCCCCCCCCC(O)(CC)N1C=NCC1. The number of unbranched alkanes of at least 4 members (excludes halogenated alkanes) is 13. The van der Waals surface area contributed by atoms with Crippen molar-refractivity contribution in [1.29, 1.82) is 0 Å². The summed E-state index contributed by atoms with van der Waals surface area (Å²) in [5, 5.41) is 10.7. The van der Waals surface area contributed by atoms with Gasteiger partial charge in [0.05, 0.1) is 12.9 Å². The summed E-state index contributed by atoms with van der Waals surface area (Å²) in [7, 11) is 0. The molecule has 3 nitrogen and oxygen atoms in total. The molecule has 25 heavy (non-hydrogen) atoms. The van der Waals surface area contributed by atoms with E-state index in [9.17, 15) is 5.11 Å². The Morgan fingerprint density at radius 1 is 0.800 bits per heavy atom. The molecule has 0 aliphatic carbocycles. The van der Waals surface area contributed by atoms with E-state index in [1.165, 1.54) is 83.5 Å². The Balaban J connectivity index is 1.86. The molecule has 0 bridgehead atoms. The Morgan fingerprint density at radius 2 is 1.28 bits per heavy atom. The lowest BCUT2D eigenvalue weighted by Crippen LogP contribution is -2.46. The zero-order valence-electron chi connectivity index (χ0n) is 17.1. The van der Waals surface area contributed by atoms with Crippen LogP contribution in [0, 0.1) is 0 Å². The fourth-order valence-corrected chi connectivity index (χ4v) is 3.82. The van der Waals surface area contributed by atoms with Gasteiger partial charge < -0.3 is 10.0 Å². The maximum atomic E-state index is 10.7. The molecule has 148 valence electrons. The fourth-order valence-electron chi connectivity index (χ4n) is 3.82. The zero-order valence-corrected chi connectivity index (χ0v) is 17.1. The summed E-state index contributed by atoms with van der Waals surface area (Å²) in [4.78, 5) is 6.27. The van der Waals surface area contributed by atoms with E-state index in [-0.39, 0.29) is 0 Å². The molecule has 0 radical (unpaired) electrons. The lowest BCUT2D eigenvalue weighted by molar-refractivity contribution is -0.0738. The molecule has 0 spiro atoms. The first-order valence-corrected chi connectivity index (χ1v) is 11.2. The number of hydrogen-bond acceptors (Lipinski definition) is 3. The predicted octanol–water partition coefficient (Wildman–Crippen LogP) is 6.30. The van der Waals surface area contributed by atoms with Crippen LogP contribution in [0.25, 0.3) is 0 Å². The van der Waals surface area contributed by atoms with Crippen LogP contribution in [-0.2, 0) is 0 Å². The van der Waals surface area contributed by atoms with Gasteiger partial charge in [0.15, 0.2) is 0 Å². The Hall–Kier alpha value is -0.570. The minimum atomic E-state index is -0.656. The van der Waals surface area contributed by atoms with Crippen molar-refractivity contribution >= 4 is 6.34 Å². The van der Waals surface area contributed by atoms with E-state index in [1.807, 2.05) is 11.2 Å².